The van der Waals surface area contributed by atoms with Crippen LogP contribution in [0.5, 0.6) is 0 Å². The highest BCUT2D eigenvalue weighted by Gasteiger charge is 2.45. The average Bonchev–Trinajstić information content (AvgIpc) is 2.66. The fourth-order valence-corrected chi connectivity index (χ4v) is 3.80. The molecule has 0 radical (unpaired) electrons. The van der Waals surface area contributed by atoms with E-state index in [0.29, 0.717) is 0 Å². The van der Waals surface area contributed by atoms with Crippen molar-refractivity contribution in [2.24, 2.45) is 5.92 Å². The molecule has 0 amide bonds. The first-order valence-electron chi connectivity index (χ1n) is 9.99. The molecule has 0 heterocycles. The van der Waals surface area contributed by atoms with E-state index in [9.17, 15) is 5.11 Å². The van der Waals surface area contributed by atoms with Crippen LogP contribution in [0.3, 0.4) is 0 Å². The van der Waals surface area contributed by atoms with Crippen LogP contribution in [0.15, 0.2) is 30.3 Å². The van der Waals surface area contributed by atoms with Gasteiger partial charge in [0.05, 0.1) is 0 Å². The lowest BCUT2D eigenvalue weighted by atomic mass is 9.82. The Morgan fingerprint density at radius 3 is 2.00 bits per heavy atom. The van der Waals surface area contributed by atoms with Crippen molar-refractivity contribution < 1.29 is 14.6 Å². The minimum Gasteiger partial charge on any atom is -0.383 e. The minimum absolute atomic E-state index is 0.175. The van der Waals surface area contributed by atoms with Gasteiger partial charge in [-0.15, -0.1) is 0 Å². The lowest BCUT2D eigenvalue weighted by molar-refractivity contribution is -0.293. The molecule has 2 atom stereocenters. The maximum absolute atomic E-state index is 11.1. The highest BCUT2D eigenvalue weighted by molar-refractivity contribution is 5.20. The summed E-state index contributed by atoms with van der Waals surface area (Å²) < 4.78 is 11.7. The summed E-state index contributed by atoms with van der Waals surface area (Å²) >= 11 is 0. The van der Waals surface area contributed by atoms with E-state index >= 15 is 0 Å². The Balaban J connectivity index is 2.81. The van der Waals surface area contributed by atoms with Crippen molar-refractivity contribution >= 4 is 0 Å². The van der Waals surface area contributed by atoms with Crippen molar-refractivity contribution in [1.82, 2.24) is 0 Å². The Hall–Kier alpha value is -0.900. The van der Waals surface area contributed by atoms with Crippen molar-refractivity contribution in [2.75, 3.05) is 14.2 Å². The molecule has 0 saturated heterocycles. The molecule has 1 N–H and O–H groups in total. The van der Waals surface area contributed by atoms with Crippen LogP contribution < -0.4 is 0 Å². The van der Waals surface area contributed by atoms with Gasteiger partial charge in [-0.1, -0.05) is 89.1 Å². The van der Waals surface area contributed by atoms with Crippen molar-refractivity contribution in [1.29, 1.82) is 0 Å². The number of aliphatic hydroxyl groups excluding tert-OH is 1. The van der Waals surface area contributed by atoms with Crippen LogP contribution >= 0.6 is 0 Å². The van der Waals surface area contributed by atoms with Gasteiger partial charge in [0.2, 0.25) is 5.79 Å². The third-order valence-electron chi connectivity index (χ3n) is 5.25. The van der Waals surface area contributed by atoms with E-state index in [0.717, 1.165) is 31.2 Å². The lowest BCUT2D eigenvalue weighted by Crippen LogP contribution is -2.47. The normalized spacial score (nSPS) is 14.4. The molecule has 1 aromatic rings. The molecule has 3 nitrogen and oxygen atoms in total. The second-order valence-electron chi connectivity index (χ2n) is 6.98. The zero-order valence-electron chi connectivity index (χ0n) is 16.7. The number of benzene rings is 1. The van der Waals surface area contributed by atoms with E-state index in [1.165, 1.54) is 32.1 Å². The SMILES string of the molecule is CCCCCCCCC(CCC)C(OC)(OC)C(O)c1ccccc1. The van der Waals surface area contributed by atoms with Gasteiger partial charge in [0.1, 0.15) is 6.10 Å². The largest absolute Gasteiger partial charge is 0.383 e. The summed E-state index contributed by atoms with van der Waals surface area (Å²) in [5.41, 5.74) is 0.843. The van der Waals surface area contributed by atoms with Crippen molar-refractivity contribution in [2.45, 2.75) is 83.5 Å². The molecule has 0 spiro atoms. The van der Waals surface area contributed by atoms with Crippen LogP contribution in [0, 0.1) is 5.92 Å². The predicted molar refractivity (Wildman–Crippen MR) is 105 cm³/mol. The Morgan fingerprint density at radius 2 is 1.44 bits per heavy atom. The van der Waals surface area contributed by atoms with Gasteiger partial charge >= 0.3 is 0 Å². The van der Waals surface area contributed by atoms with E-state index in [1.807, 2.05) is 30.3 Å². The van der Waals surface area contributed by atoms with Gasteiger partial charge in [-0.05, 0) is 18.4 Å². The van der Waals surface area contributed by atoms with Crippen LogP contribution in [0.1, 0.15) is 83.3 Å². The molecular formula is C22H38O3. The lowest BCUT2D eigenvalue weighted by Gasteiger charge is -2.42. The number of aliphatic hydroxyl groups is 1. The zero-order valence-corrected chi connectivity index (χ0v) is 16.7. The van der Waals surface area contributed by atoms with Gasteiger partial charge in [0, 0.05) is 20.1 Å². The van der Waals surface area contributed by atoms with Gasteiger partial charge in [-0.2, -0.15) is 0 Å². The van der Waals surface area contributed by atoms with Crippen molar-refractivity contribution in [3.8, 4) is 0 Å². The molecule has 0 aromatic heterocycles. The quantitative estimate of drug-likeness (QED) is 0.336. The van der Waals surface area contributed by atoms with Crippen LogP contribution in [0.25, 0.3) is 0 Å². The van der Waals surface area contributed by atoms with Gasteiger partial charge in [0.25, 0.3) is 0 Å². The molecule has 144 valence electrons. The Bertz CT molecular complexity index is 428. The second kappa shape index (κ2) is 12.5. The summed E-state index contributed by atoms with van der Waals surface area (Å²) in [6.07, 6.45) is 9.88. The predicted octanol–water partition coefficient (Wildman–Crippen LogP) is 5.88. The van der Waals surface area contributed by atoms with Gasteiger partial charge in [-0.25, -0.2) is 0 Å². The summed E-state index contributed by atoms with van der Waals surface area (Å²) in [6.45, 7) is 4.42. The second-order valence-corrected chi connectivity index (χ2v) is 6.98. The first-order chi connectivity index (χ1) is 12.2. The number of rotatable bonds is 14. The van der Waals surface area contributed by atoms with Gasteiger partial charge in [0.15, 0.2) is 0 Å². The highest BCUT2D eigenvalue weighted by Crippen LogP contribution is 2.41. The average molecular weight is 351 g/mol. The summed E-state index contributed by atoms with van der Waals surface area (Å²) in [5, 5.41) is 11.1. The van der Waals surface area contributed by atoms with Gasteiger partial charge in [-0.3, -0.25) is 0 Å². The topological polar surface area (TPSA) is 38.7 Å². The molecule has 0 aliphatic heterocycles. The number of methoxy groups -OCH3 is 2. The van der Waals surface area contributed by atoms with E-state index in [2.05, 4.69) is 13.8 Å². The number of ether oxygens (including phenoxy) is 2. The Morgan fingerprint density at radius 1 is 0.840 bits per heavy atom. The molecule has 0 saturated carbocycles. The maximum Gasteiger partial charge on any atom is 0.201 e. The molecule has 25 heavy (non-hydrogen) atoms. The number of unbranched alkanes of at least 4 members (excludes halogenated alkanes) is 5. The van der Waals surface area contributed by atoms with Crippen LogP contribution in [-0.4, -0.2) is 25.1 Å². The fourth-order valence-electron chi connectivity index (χ4n) is 3.80. The molecule has 0 fully saturated rings. The van der Waals surface area contributed by atoms with Gasteiger partial charge < -0.3 is 14.6 Å². The van der Waals surface area contributed by atoms with E-state index in [4.69, 9.17) is 9.47 Å². The smallest absolute Gasteiger partial charge is 0.201 e. The molecule has 0 bridgehead atoms. The Kier molecular flexibility index (Phi) is 11.0. The standard InChI is InChI=1S/C22H38O3/c1-5-7-8-9-10-14-18-20(15-6-2)22(24-3,25-4)21(23)19-16-12-11-13-17-19/h11-13,16-17,20-21,23H,5-10,14-15,18H2,1-4H3. The summed E-state index contributed by atoms with van der Waals surface area (Å²) in [6, 6.07) is 9.71. The van der Waals surface area contributed by atoms with Crippen LogP contribution in [0.2, 0.25) is 0 Å². The first kappa shape index (κ1) is 22.1. The van der Waals surface area contributed by atoms with Crippen molar-refractivity contribution in [3.05, 3.63) is 35.9 Å². The maximum atomic E-state index is 11.1. The molecule has 3 heteroatoms. The summed E-state index contributed by atoms with van der Waals surface area (Å²) in [5.74, 6) is -0.810. The molecule has 1 rings (SSSR count). The highest BCUT2D eigenvalue weighted by atomic mass is 16.7. The Labute approximate surface area is 154 Å². The van der Waals surface area contributed by atoms with E-state index in [-0.39, 0.29) is 5.92 Å². The first-order valence-corrected chi connectivity index (χ1v) is 9.99. The summed E-state index contributed by atoms with van der Waals surface area (Å²) in [7, 11) is 3.30. The third-order valence-corrected chi connectivity index (χ3v) is 5.25. The monoisotopic (exact) mass is 350 g/mol. The number of hydrogen-bond donors (Lipinski definition) is 1. The number of hydrogen-bond acceptors (Lipinski definition) is 3. The summed E-state index contributed by atoms with van der Waals surface area (Å²) in [4.78, 5) is 0. The molecular weight excluding hydrogens is 312 g/mol. The zero-order chi connectivity index (χ0) is 18.5. The molecule has 0 aliphatic carbocycles. The van der Waals surface area contributed by atoms with Crippen molar-refractivity contribution in [3.63, 3.8) is 0 Å². The molecule has 0 aliphatic rings. The fraction of sp³-hybridized carbons (Fsp3) is 0.727. The third kappa shape index (κ3) is 6.40. The molecule has 2 unspecified atom stereocenters. The minimum atomic E-state index is -0.985. The van der Waals surface area contributed by atoms with Crippen LogP contribution in [0.4, 0.5) is 0 Å². The molecule has 1 aromatic carbocycles. The van der Waals surface area contributed by atoms with E-state index < -0.39 is 11.9 Å². The van der Waals surface area contributed by atoms with Crippen LogP contribution in [-0.2, 0) is 9.47 Å². The van der Waals surface area contributed by atoms with E-state index in [1.54, 1.807) is 14.2 Å².